The van der Waals surface area contributed by atoms with Gasteiger partial charge in [0.1, 0.15) is 12.0 Å². The molecule has 1 fully saturated rings. The van der Waals surface area contributed by atoms with Gasteiger partial charge in [-0.15, -0.1) is 5.10 Å². The minimum absolute atomic E-state index is 0.0156. The summed E-state index contributed by atoms with van der Waals surface area (Å²) in [5.41, 5.74) is 10.3. The quantitative estimate of drug-likeness (QED) is 0.164. The van der Waals surface area contributed by atoms with Gasteiger partial charge in [-0.25, -0.2) is 19.9 Å². The molecule has 208 valence electrons. The van der Waals surface area contributed by atoms with E-state index in [1.54, 1.807) is 17.3 Å². The molecule has 0 radical (unpaired) electrons. The van der Waals surface area contributed by atoms with E-state index in [1.165, 1.54) is 42.6 Å². The molecule has 12 nitrogen and oxygen atoms in total. The van der Waals surface area contributed by atoms with Gasteiger partial charge in [0.15, 0.2) is 11.6 Å². The SMILES string of the molecule is C/C(N)=C/N(N)Cc1cn2cc(C3CC3)ccc2n1.CF.COc1ccc(-n2cnnn2)c(CNC=O)c1F. The lowest BCUT2D eigenvalue weighted by atomic mass is 10.1. The highest BCUT2D eigenvalue weighted by Gasteiger charge is 2.23. The molecule has 1 aromatic carbocycles. The van der Waals surface area contributed by atoms with Crippen LogP contribution in [0.1, 0.15) is 42.5 Å². The smallest absolute Gasteiger partial charge is 0.207 e. The van der Waals surface area contributed by atoms with Gasteiger partial charge in [0, 0.05) is 36.4 Å². The standard InChI is InChI=1S/C14H19N5.C10H10FN5O2.CH3F/c1-10(15)6-19(16)9-13-8-18-7-12(11-2-3-11)4-5-14(18)17-13;1-18-9-3-2-8(16-5-13-14-15-16)7(10(9)11)4-12-6-17;1-2/h4-8,11H,2-3,9,15-16H2,1H3;2-3,5-6H,4H2,1H3,(H,12,17);1H3/b10-6-;;. The predicted molar refractivity (Wildman–Crippen MR) is 140 cm³/mol. The van der Waals surface area contributed by atoms with Crippen LogP contribution >= 0.6 is 0 Å². The number of aromatic nitrogens is 6. The van der Waals surface area contributed by atoms with Crippen molar-refractivity contribution < 1.29 is 18.3 Å². The maximum atomic E-state index is 14.1. The minimum Gasteiger partial charge on any atom is -0.494 e. The number of pyridine rings is 1. The number of alkyl halides is 1. The highest BCUT2D eigenvalue weighted by Crippen LogP contribution is 2.39. The molecule has 39 heavy (non-hydrogen) atoms. The number of nitrogens with zero attached hydrogens (tertiary/aromatic N) is 7. The maximum Gasteiger partial charge on any atom is 0.207 e. The van der Waals surface area contributed by atoms with Crippen LogP contribution in [0.25, 0.3) is 11.3 Å². The Morgan fingerprint density at radius 3 is 2.64 bits per heavy atom. The van der Waals surface area contributed by atoms with Crippen molar-refractivity contribution in [2.75, 3.05) is 14.3 Å². The molecule has 0 saturated heterocycles. The second kappa shape index (κ2) is 13.8. The molecule has 1 aliphatic carbocycles. The Labute approximate surface area is 224 Å². The van der Waals surface area contributed by atoms with Crippen LogP contribution in [0.3, 0.4) is 0 Å². The zero-order chi connectivity index (χ0) is 28.4. The van der Waals surface area contributed by atoms with Gasteiger partial charge in [-0.05, 0) is 59.9 Å². The summed E-state index contributed by atoms with van der Waals surface area (Å²) >= 11 is 0. The molecule has 0 unspecified atom stereocenters. The lowest BCUT2D eigenvalue weighted by Crippen LogP contribution is -2.25. The van der Waals surface area contributed by atoms with Crippen molar-refractivity contribution in [1.29, 1.82) is 0 Å². The number of carbonyl (C=O) groups is 1. The molecule has 3 heterocycles. The highest BCUT2D eigenvalue weighted by atomic mass is 19.1. The molecule has 0 atom stereocenters. The number of halogens is 2. The van der Waals surface area contributed by atoms with Gasteiger partial charge in [0.25, 0.3) is 0 Å². The highest BCUT2D eigenvalue weighted by molar-refractivity contribution is 5.50. The number of hydrazine groups is 1. The molecule has 1 saturated carbocycles. The molecule has 1 amide bonds. The first-order chi connectivity index (χ1) is 18.9. The van der Waals surface area contributed by atoms with E-state index in [9.17, 15) is 13.6 Å². The Hall–Kier alpha value is -4.59. The summed E-state index contributed by atoms with van der Waals surface area (Å²) in [6, 6.07) is 7.33. The number of amides is 1. The van der Waals surface area contributed by atoms with Crippen molar-refractivity contribution in [3.63, 3.8) is 0 Å². The summed E-state index contributed by atoms with van der Waals surface area (Å²) in [5.74, 6) is 6.13. The number of hydrogen-bond donors (Lipinski definition) is 3. The first-order valence-electron chi connectivity index (χ1n) is 12.0. The van der Waals surface area contributed by atoms with Crippen molar-refractivity contribution in [2.45, 2.75) is 38.8 Å². The van der Waals surface area contributed by atoms with E-state index in [2.05, 4.69) is 48.6 Å². The Bertz CT molecular complexity index is 1380. The summed E-state index contributed by atoms with van der Waals surface area (Å²) in [7, 11) is 1.87. The van der Waals surface area contributed by atoms with E-state index in [4.69, 9.17) is 16.3 Å². The Balaban J connectivity index is 0.000000203. The van der Waals surface area contributed by atoms with Gasteiger partial charge in [-0.2, -0.15) is 0 Å². The molecule has 0 spiro atoms. The van der Waals surface area contributed by atoms with Crippen LogP contribution in [0.4, 0.5) is 8.78 Å². The average Bonchev–Trinajstić information content (AvgIpc) is 3.47. The van der Waals surface area contributed by atoms with Gasteiger partial charge in [0.2, 0.25) is 6.41 Å². The van der Waals surface area contributed by atoms with E-state index >= 15 is 0 Å². The van der Waals surface area contributed by atoms with Crippen LogP contribution in [-0.4, -0.2) is 55.3 Å². The lowest BCUT2D eigenvalue weighted by molar-refractivity contribution is -0.109. The molecular weight excluding hydrogens is 510 g/mol. The van der Waals surface area contributed by atoms with Gasteiger partial charge in [-0.1, -0.05) is 6.07 Å². The second-order valence-electron chi connectivity index (χ2n) is 8.61. The Morgan fingerprint density at radius 1 is 1.26 bits per heavy atom. The normalized spacial score (nSPS) is 12.6. The summed E-state index contributed by atoms with van der Waals surface area (Å²) in [4.78, 5) is 14.9. The summed E-state index contributed by atoms with van der Waals surface area (Å²) in [6.07, 6.45) is 10.4. The minimum atomic E-state index is -0.556. The topological polar surface area (TPSA) is 155 Å². The summed E-state index contributed by atoms with van der Waals surface area (Å²) in [6.45, 7) is 2.38. The Morgan fingerprint density at radius 2 is 2.03 bits per heavy atom. The van der Waals surface area contributed by atoms with Gasteiger partial charge >= 0.3 is 0 Å². The fourth-order valence-corrected chi connectivity index (χ4v) is 3.84. The van der Waals surface area contributed by atoms with E-state index in [-0.39, 0.29) is 17.9 Å². The molecule has 0 bridgehead atoms. The molecular formula is C25H32F2N10O2. The number of ether oxygens (including phenoxy) is 1. The summed E-state index contributed by atoms with van der Waals surface area (Å²) in [5, 5.41) is 14.6. The van der Waals surface area contributed by atoms with Crippen molar-refractivity contribution >= 4 is 12.1 Å². The van der Waals surface area contributed by atoms with E-state index in [0.29, 0.717) is 31.5 Å². The van der Waals surface area contributed by atoms with Gasteiger partial charge in [0.05, 0.1) is 32.2 Å². The number of allylic oxidation sites excluding steroid dienone is 1. The van der Waals surface area contributed by atoms with E-state index in [1.807, 2.05) is 13.1 Å². The number of fused-ring (bicyclic) bond motifs is 1. The van der Waals surface area contributed by atoms with E-state index in [0.717, 1.165) is 17.3 Å². The molecule has 5 rings (SSSR count). The molecule has 5 N–H and O–H groups in total. The zero-order valence-corrected chi connectivity index (χ0v) is 22.0. The molecule has 0 aliphatic heterocycles. The van der Waals surface area contributed by atoms with Crippen LogP contribution in [-0.2, 0) is 17.9 Å². The zero-order valence-electron chi connectivity index (χ0n) is 22.0. The van der Waals surface area contributed by atoms with Crippen molar-refractivity contribution in [1.82, 2.24) is 39.9 Å². The van der Waals surface area contributed by atoms with Crippen molar-refractivity contribution in [2.24, 2.45) is 11.6 Å². The number of rotatable bonds is 9. The van der Waals surface area contributed by atoms with Crippen molar-refractivity contribution in [3.8, 4) is 11.4 Å². The first-order valence-corrected chi connectivity index (χ1v) is 12.0. The number of carbonyl (C=O) groups excluding carboxylic acids is 1. The van der Waals surface area contributed by atoms with Gasteiger partial charge < -0.3 is 25.2 Å². The van der Waals surface area contributed by atoms with E-state index < -0.39 is 5.82 Å². The lowest BCUT2D eigenvalue weighted by Gasteiger charge is -2.12. The first kappa shape index (κ1) is 29.0. The monoisotopic (exact) mass is 542 g/mol. The third kappa shape index (κ3) is 7.70. The second-order valence-corrected chi connectivity index (χ2v) is 8.61. The molecule has 14 heteroatoms. The molecule has 1 aliphatic rings. The Kier molecular flexibility index (Phi) is 10.3. The number of methoxy groups -OCH3 is 1. The number of imidazole rings is 1. The van der Waals surface area contributed by atoms with Gasteiger partial charge in [-0.3, -0.25) is 9.18 Å². The number of hydrogen-bond acceptors (Lipinski definition) is 9. The fraction of sp³-hybridized carbons (Fsp3) is 0.320. The average molecular weight is 543 g/mol. The van der Waals surface area contributed by atoms with Crippen LogP contribution in [0.2, 0.25) is 0 Å². The molecule has 4 aromatic rings. The third-order valence-corrected chi connectivity index (χ3v) is 5.65. The predicted octanol–water partition coefficient (Wildman–Crippen LogP) is 2.35. The largest absolute Gasteiger partial charge is 0.494 e. The third-order valence-electron chi connectivity index (χ3n) is 5.65. The number of nitrogens with two attached hydrogens (primary N) is 2. The van der Waals surface area contributed by atoms with Crippen molar-refractivity contribution in [3.05, 3.63) is 77.5 Å². The van der Waals surface area contributed by atoms with Crippen LogP contribution in [0.15, 0.2) is 54.9 Å². The van der Waals surface area contributed by atoms with Crippen LogP contribution < -0.4 is 21.6 Å². The van der Waals surface area contributed by atoms with Crippen LogP contribution in [0.5, 0.6) is 5.75 Å². The fourth-order valence-electron chi connectivity index (χ4n) is 3.84. The number of nitrogens with one attached hydrogen (secondary N) is 1. The summed E-state index contributed by atoms with van der Waals surface area (Å²) < 4.78 is 31.9. The number of tetrazole rings is 1. The molecule has 3 aromatic heterocycles. The number of benzene rings is 1. The van der Waals surface area contributed by atoms with Crippen LogP contribution in [0, 0.1) is 5.82 Å². The maximum absolute atomic E-state index is 14.1.